The van der Waals surface area contributed by atoms with E-state index in [4.69, 9.17) is 4.74 Å². The summed E-state index contributed by atoms with van der Waals surface area (Å²) in [5.74, 6) is 0.551. The first-order valence-corrected chi connectivity index (χ1v) is 11.3. The molecule has 1 aromatic rings. The quantitative estimate of drug-likeness (QED) is 0.766. The van der Waals surface area contributed by atoms with Crippen molar-refractivity contribution in [2.24, 2.45) is 5.92 Å². The van der Waals surface area contributed by atoms with Crippen LogP contribution in [-0.2, 0) is 9.53 Å². The summed E-state index contributed by atoms with van der Waals surface area (Å²) in [4.78, 5) is 20.1. The predicted octanol–water partition coefficient (Wildman–Crippen LogP) is 2.74. The van der Waals surface area contributed by atoms with E-state index in [0.29, 0.717) is 25.2 Å². The summed E-state index contributed by atoms with van der Waals surface area (Å²) in [6.07, 6.45) is 9.15. The van der Waals surface area contributed by atoms with Gasteiger partial charge in [-0.05, 0) is 50.9 Å². The fourth-order valence-corrected chi connectivity index (χ4v) is 4.95. The molecule has 158 valence electrons. The average Bonchev–Trinajstić information content (AvgIpc) is 2.80. The number of nitrogens with zero attached hydrogens (tertiary/aromatic N) is 3. The Labute approximate surface area is 175 Å². The highest BCUT2D eigenvalue weighted by molar-refractivity contribution is 5.79. The molecule has 5 heteroatoms. The van der Waals surface area contributed by atoms with Crippen LogP contribution in [0.1, 0.15) is 31.2 Å². The monoisotopic (exact) mass is 397 g/mol. The molecule has 29 heavy (non-hydrogen) atoms. The van der Waals surface area contributed by atoms with Gasteiger partial charge in [0.25, 0.3) is 0 Å². The second-order valence-corrected chi connectivity index (χ2v) is 8.62. The van der Waals surface area contributed by atoms with Crippen LogP contribution >= 0.6 is 0 Å². The maximum atomic E-state index is 12.9. The van der Waals surface area contributed by atoms with E-state index in [1.165, 1.54) is 18.4 Å². The summed E-state index contributed by atoms with van der Waals surface area (Å²) in [6.45, 7) is 8.37. The summed E-state index contributed by atoms with van der Waals surface area (Å²) in [5.41, 5.74) is 1.27. The molecule has 3 aliphatic rings. The molecular formula is C24H35N3O2. The second kappa shape index (κ2) is 10.4. The van der Waals surface area contributed by atoms with E-state index in [0.717, 1.165) is 58.7 Å². The molecule has 0 saturated carbocycles. The molecule has 1 atom stereocenters. The number of carbonyl (C=O) groups is 1. The highest BCUT2D eigenvalue weighted by atomic mass is 16.5. The average molecular weight is 398 g/mol. The van der Waals surface area contributed by atoms with E-state index >= 15 is 0 Å². The Balaban J connectivity index is 1.22. The summed E-state index contributed by atoms with van der Waals surface area (Å²) >= 11 is 0. The zero-order valence-electron chi connectivity index (χ0n) is 17.5. The Morgan fingerprint density at radius 3 is 2.52 bits per heavy atom. The van der Waals surface area contributed by atoms with Gasteiger partial charge in [-0.3, -0.25) is 14.6 Å². The molecule has 1 unspecified atom stereocenters. The number of hydrogen-bond donors (Lipinski definition) is 0. The minimum Gasteiger partial charge on any atom is -0.378 e. The van der Waals surface area contributed by atoms with Gasteiger partial charge in [-0.15, -0.1) is 0 Å². The molecular weight excluding hydrogens is 362 g/mol. The molecule has 3 aliphatic heterocycles. The van der Waals surface area contributed by atoms with Crippen molar-refractivity contribution in [3.8, 4) is 0 Å². The summed E-state index contributed by atoms with van der Waals surface area (Å²) in [6, 6.07) is 11.2. The van der Waals surface area contributed by atoms with Crippen molar-refractivity contribution >= 4 is 12.0 Å². The Morgan fingerprint density at radius 1 is 1.00 bits per heavy atom. The van der Waals surface area contributed by atoms with Crippen molar-refractivity contribution < 1.29 is 9.53 Å². The number of amides is 1. The second-order valence-electron chi connectivity index (χ2n) is 8.62. The van der Waals surface area contributed by atoms with Crippen molar-refractivity contribution in [1.82, 2.24) is 14.7 Å². The minimum atomic E-state index is 0.189. The lowest BCUT2D eigenvalue weighted by molar-refractivity contribution is -0.141. The number of hydrogen-bond acceptors (Lipinski definition) is 4. The molecule has 0 bridgehead atoms. The van der Waals surface area contributed by atoms with Crippen LogP contribution in [0.2, 0.25) is 0 Å². The molecule has 5 nitrogen and oxygen atoms in total. The summed E-state index contributed by atoms with van der Waals surface area (Å²) in [5, 5.41) is 0. The lowest BCUT2D eigenvalue weighted by atomic mass is 9.92. The van der Waals surface area contributed by atoms with Gasteiger partial charge >= 0.3 is 0 Å². The minimum absolute atomic E-state index is 0.189. The number of piperidine rings is 2. The number of morpholine rings is 1. The van der Waals surface area contributed by atoms with Gasteiger partial charge in [0, 0.05) is 32.2 Å². The smallest absolute Gasteiger partial charge is 0.227 e. The third kappa shape index (κ3) is 5.68. The maximum absolute atomic E-state index is 12.9. The molecule has 4 rings (SSSR count). The standard InChI is InChI=1S/C24H35N3O2/c28-24(26-16-18-29-19-17-26)22-9-5-13-27(20-22)23-10-14-25(15-11-23)12-4-8-21-6-2-1-3-7-21/h1-4,6-8,22-23H,5,9-20H2/b8-4+. The molecule has 3 fully saturated rings. The third-order valence-electron chi connectivity index (χ3n) is 6.67. The van der Waals surface area contributed by atoms with Gasteiger partial charge in [0.15, 0.2) is 0 Å². The lowest BCUT2D eigenvalue weighted by Crippen LogP contribution is -2.52. The first-order valence-electron chi connectivity index (χ1n) is 11.3. The van der Waals surface area contributed by atoms with E-state index in [1.54, 1.807) is 0 Å². The Kier molecular flexibility index (Phi) is 7.36. The molecule has 0 N–H and O–H groups in total. The summed E-state index contributed by atoms with van der Waals surface area (Å²) in [7, 11) is 0. The van der Waals surface area contributed by atoms with Gasteiger partial charge in [-0.1, -0.05) is 42.5 Å². The van der Waals surface area contributed by atoms with E-state index in [9.17, 15) is 4.79 Å². The number of benzene rings is 1. The first kappa shape index (κ1) is 20.6. The molecule has 1 amide bonds. The Hall–Kier alpha value is -1.69. The topological polar surface area (TPSA) is 36.0 Å². The van der Waals surface area contributed by atoms with Crippen LogP contribution in [0.25, 0.3) is 6.08 Å². The first-order chi connectivity index (χ1) is 14.3. The normalized spacial score (nSPS) is 25.5. The van der Waals surface area contributed by atoms with Gasteiger partial charge in [-0.2, -0.15) is 0 Å². The molecule has 0 aromatic heterocycles. The van der Waals surface area contributed by atoms with Gasteiger partial charge < -0.3 is 9.64 Å². The van der Waals surface area contributed by atoms with E-state index < -0.39 is 0 Å². The van der Waals surface area contributed by atoms with Crippen molar-refractivity contribution in [2.75, 3.05) is 59.0 Å². The number of ether oxygens (including phenoxy) is 1. The molecule has 0 spiro atoms. The number of likely N-dealkylation sites (tertiary alicyclic amines) is 2. The van der Waals surface area contributed by atoms with Gasteiger partial charge in [0.2, 0.25) is 5.91 Å². The SMILES string of the molecule is O=C(C1CCCN(C2CCN(C/C=C/c3ccccc3)CC2)C1)N1CCOCC1. The third-order valence-corrected chi connectivity index (χ3v) is 6.67. The molecule has 3 heterocycles. The Morgan fingerprint density at radius 2 is 1.76 bits per heavy atom. The number of rotatable bonds is 5. The zero-order chi connectivity index (χ0) is 19.9. The highest BCUT2D eigenvalue weighted by Gasteiger charge is 2.33. The highest BCUT2D eigenvalue weighted by Crippen LogP contribution is 2.25. The predicted molar refractivity (Wildman–Crippen MR) is 117 cm³/mol. The van der Waals surface area contributed by atoms with Gasteiger partial charge in [0.1, 0.15) is 0 Å². The summed E-state index contributed by atoms with van der Waals surface area (Å²) < 4.78 is 5.40. The maximum Gasteiger partial charge on any atom is 0.227 e. The van der Waals surface area contributed by atoms with E-state index in [-0.39, 0.29) is 5.92 Å². The lowest BCUT2D eigenvalue weighted by Gasteiger charge is -2.43. The molecule has 1 aromatic carbocycles. The van der Waals surface area contributed by atoms with Crippen molar-refractivity contribution in [2.45, 2.75) is 31.7 Å². The van der Waals surface area contributed by atoms with Crippen LogP contribution in [0.5, 0.6) is 0 Å². The fourth-order valence-electron chi connectivity index (χ4n) is 4.95. The van der Waals surface area contributed by atoms with Gasteiger partial charge in [0.05, 0.1) is 19.1 Å². The number of carbonyl (C=O) groups excluding carboxylic acids is 1. The van der Waals surface area contributed by atoms with Crippen molar-refractivity contribution in [1.29, 1.82) is 0 Å². The van der Waals surface area contributed by atoms with Crippen LogP contribution in [-0.4, -0.2) is 85.7 Å². The largest absolute Gasteiger partial charge is 0.378 e. The van der Waals surface area contributed by atoms with Crippen molar-refractivity contribution in [3.63, 3.8) is 0 Å². The molecule has 0 aliphatic carbocycles. The van der Waals surface area contributed by atoms with Crippen LogP contribution in [0.4, 0.5) is 0 Å². The van der Waals surface area contributed by atoms with Crippen molar-refractivity contribution in [3.05, 3.63) is 42.0 Å². The van der Waals surface area contributed by atoms with Crippen LogP contribution < -0.4 is 0 Å². The molecule has 3 saturated heterocycles. The van der Waals surface area contributed by atoms with Crippen LogP contribution in [0.15, 0.2) is 36.4 Å². The van der Waals surface area contributed by atoms with E-state index in [1.807, 2.05) is 4.90 Å². The van der Waals surface area contributed by atoms with Gasteiger partial charge in [-0.25, -0.2) is 0 Å². The molecule has 0 radical (unpaired) electrons. The van der Waals surface area contributed by atoms with Crippen LogP contribution in [0, 0.1) is 5.92 Å². The zero-order valence-corrected chi connectivity index (χ0v) is 17.5. The Bertz CT molecular complexity index is 664. The van der Waals surface area contributed by atoms with E-state index in [2.05, 4.69) is 52.3 Å². The fraction of sp³-hybridized carbons (Fsp3) is 0.625. The van der Waals surface area contributed by atoms with Crippen LogP contribution in [0.3, 0.4) is 0 Å².